The fraction of sp³-hybridized carbons (Fsp3) is 0.125. The third kappa shape index (κ3) is 2.70. The molecular formula is C16H11Cl2NO. The molecule has 20 heavy (non-hydrogen) atoms. The van der Waals surface area contributed by atoms with Gasteiger partial charge in [0, 0.05) is 10.6 Å². The molecule has 2 aromatic carbocycles. The number of carbonyl (C=O) groups excluding carboxylic acids is 1. The van der Waals surface area contributed by atoms with E-state index in [4.69, 9.17) is 23.2 Å². The molecule has 0 amide bonds. The molecule has 0 saturated carbocycles. The van der Waals surface area contributed by atoms with Crippen molar-refractivity contribution >= 4 is 29.0 Å². The second-order valence-corrected chi connectivity index (χ2v) is 5.17. The summed E-state index contributed by atoms with van der Waals surface area (Å²) in [6, 6.07) is 14.0. The van der Waals surface area contributed by atoms with Crippen molar-refractivity contribution < 1.29 is 4.79 Å². The van der Waals surface area contributed by atoms with Crippen LogP contribution in [-0.2, 0) is 0 Å². The van der Waals surface area contributed by atoms with Crippen molar-refractivity contribution in [3.8, 4) is 6.07 Å². The van der Waals surface area contributed by atoms with Gasteiger partial charge in [-0.15, -0.1) is 0 Å². The Morgan fingerprint density at radius 2 is 1.85 bits per heavy atom. The van der Waals surface area contributed by atoms with Crippen molar-refractivity contribution in [2.24, 2.45) is 0 Å². The van der Waals surface area contributed by atoms with Crippen molar-refractivity contribution in [3.05, 3.63) is 69.2 Å². The number of aryl methyl sites for hydroxylation is 1. The molecule has 0 radical (unpaired) electrons. The topological polar surface area (TPSA) is 40.9 Å². The summed E-state index contributed by atoms with van der Waals surface area (Å²) < 4.78 is 0. The van der Waals surface area contributed by atoms with Gasteiger partial charge in [0.25, 0.3) is 0 Å². The van der Waals surface area contributed by atoms with Gasteiger partial charge in [-0.05, 0) is 30.2 Å². The molecule has 2 nitrogen and oxygen atoms in total. The summed E-state index contributed by atoms with van der Waals surface area (Å²) in [6.07, 6.45) is 0. The number of hydrogen-bond acceptors (Lipinski definition) is 2. The van der Waals surface area contributed by atoms with E-state index in [0.29, 0.717) is 21.2 Å². The van der Waals surface area contributed by atoms with Gasteiger partial charge in [-0.25, -0.2) is 0 Å². The summed E-state index contributed by atoms with van der Waals surface area (Å²) in [4.78, 5) is 12.5. The first-order chi connectivity index (χ1) is 9.56. The van der Waals surface area contributed by atoms with Crippen LogP contribution >= 0.6 is 23.2 Å². The van der Waals surface area contributed by atoms with E-state index in [1.54, 1.807) is 36.4 Å². The Bertz CT molecular complexity index is 704. The van der Waals surface area contributed by atoms with E-state index in [1.165, 1.54) is 0 Å². The fourth-order valence-corrected chi connectivity index (χ4v) is 2.44. The first kappa shape index (κ1) is 14.6. The Labute approximate surface area is 127 Å². The summed E-state index contributed by atoms with van der Waals surface area (Å²) in [7, 11) is 0. The molecule has 0 aliphatic rings. The Hall–Kier alpha value is -1.82. The van der Waals surface area contributed by atoms with Crippen molar-refractivity contribution in [2.75, 3.05) is 0 Å². The van der Waals surface area contributed by atoms with Crippen LogP contribution in [0, 0.1) is 18.3 Å². The highest BCUT2D eigenvalue weighted by molar-refractivity contribution is 6.35. The molecule has 0 spiro atoms. The summed E-state index contributed by atoms with van der Waals surface area (Å²) in [5, 5.41) is 10.1. The van der Waals surface area contributed by atoms with Crippen LogP contribution in [0.2, 0.25) is 10.0 Å². The third-order valence-electron chi connectivity index (χ3n) is 3.06. The Morgan fingerprint density at radius 3 is 2.50 bits per heavy atom. The zero-order valence-corrected chi connectivity index (χ0v) is 12.2. The van der Waals surface area contributed by atoms with Gasteiger partial charge < -0.3 is 0 Å². The van der Waals surface area contributed by atoms with Crippen LogP contribution in [0.1, 0.15) is 27.4 Å². The maximum absolute atomic E-state index is 12.5. The molecule has 0 aliphatic carbocycles. The largest absolute Gasteiger partial charge is 0.292 e. The lowest BCUT2D eigenvalue weighted by atomic mass is 9.91. The molecule has 2 aromatic rings. The molecule has 0 aliphatic heterocycles. The van der Waals surface area contributed by atoms with Gasteiger partial charge in [-0.2, -0.15) is 5.26 Å². The predicted molar refractivity (Wildman–Crippen MR) is 80.3 cm³/mol. The zero-order valence-electron chi connectivity index (χ0n) is 10.7. The maximum atomic E-state index is 12.5. The van der Waals surface area contributed by atoms with Crippen LogP contribution < -0.4 is 0 Å². The van der Waals surface area contributed by atoms with Crippen LogP contribution in [0.5, 0.6) is 0 Å². The Morgan fingerprint density at radius 1 is 1.15 bits per heavy atom. The van der Waals surface area contributed by atoms with Crippen LogP contribution in [0.3, 0.4) is 0 Å². The number of nitriles is 1. The lowest BCUT2D eigenvalue weighted by molar-refractivity contribution is 0.0979. The van der Waals surface area contributed by atoms with Gasteiger partial charge in [0.2, 0.25) is 0 Å². The first-order valence-corrected chi connectivity index (χ1v) is 6.75. The number of nitrogens with zero attached hydrogens (tertiary/aromatic N) is 1. The number of carbonyl (C=O) groups is 1. The summed E-state index contributed by atoms with van der Waals surface area (Å²) >= 11 is 12.2. The van der Waals surface area contributed by atoms with E-state index in [0.717, 1.165) is 5.56 Å². The number of halogens is 2. The zero-order chi connectivity index (χ0) is 14.7. The molecule has 4 heteroatoms. The smallest absolute Gasteiger partial charge is 0.186 e. The van der Waals surface area contributed by atoms with E-state index in [1.807, 2.05) is 19.1 Å². The van der Waals surface area contributed by atoms with E-state index < -0.39 is 5.92 Å². The van der Waals surface area contributed by atoms with Crippen LogP contribution in [-0.4, -0.2) is 5.78 Å². The number of ketones is 1. The minimum Gasteiger partial charge on any atom is -0.292 e. The summed E-state index contributed by atoms with van der Waals surface area (Å²) in [5.74, 6) is -1.29. The number of benzene rings is 2. The van der Waals surface area contributed by atoms with Gasteiger partial charge >= 0.3 is 0 Å². The minimum atomic E-state index is -0.956. The van der Waals surface area contributed by atoms with Crippen molar-refractivity contribution in [1.82, 2.24) is 0 Å². The van der Waals surface area contributed by atoms with Crippen molar-refractivity contribution in [2.45, 2.75) is 12.8 Å². The van der Waals surface area contributed by atoms with Gasteiger partial charge in [-0.3, -0.25) is 4.79 Å². The van der Waals surface area contributed by atoms with Crippen LogP contribution in [0.25, 0.3) is 0 Å². The second-order valence-electron chi connectivity index (χ2n) is 4.38. The Balaban J connectivity index is 2.49. The summed E-state index contributed by atoms with van der Waals surface area (Å²) in [5.41, 5.74) is 1.64. The number of hydrogen-bond donors (Lipinski definition) is 0. The van der Waals surface area contributed by atoms with Crippen LogP contribution in [0.15, 0.2) is 42.5 Å². The normalized spacial score (nSPS) is 11.7. The molecule has 0 N–H and O–H groups in total. The van der Waals surface area contributed by atoms with Gasteiger partial charge in [0.05, 0.1) is 11.1 Å². The number of rotatable bonds is 3. The Kier molecular flexibility index (Phi) is 4.44. The average molecular weight is 304 g/mol. The standard InChI is InChI=1S/C16H11Cl2NO/c1-10-5-4-7-12(15(10)18)16(20)13(9-19)11-6-2-3-8-14(11)17/h2-8,13H,1H3. The molecule has 2 rings (SSSR count). The molecule has 0 heterocycles. The molecule has 1 unspecified atom stereocenters. The highest BCUT2D eigenvalue weighted by atomic mass is 35.5. The fourth-order valence-electron chi connectivity index (χ4n) is 1.97. The molecule has 0 fully saturated rings. The lowest BCUT2D eigenvalue weighted by Gasteiger charge is -2.12. The van der Waals surface area contributed by atoms with Gasteiger partial charge in [-0.1, -0.05) is 53.5 Å². The van der Waals surface area contributed by atoms with E-state index >= 15 is 0 Å². The first-order valence-electron chi connectivity index (χ1n) is 5.99. The molecule has 0 bridgehead atoms. The molecule has 100 valence electrons. The predicted octanol–water partition coefficient (Wildman–Crippen LogP) is 4.79. The van der Waals surface area contributed by atoms with E-state index in [2.05, 4.69) is 0 Å². The van der Waals surface area contributed by atoms with E-state index in [9.17, 15) is 10.1 Å². The molecule has 0 saturated heterocycles. The monoisotopic (exact) mass is 303 g/mol. The molecule has 1 atom stereocenters. The lowest BCUT2D eigenvalue weighted by Crippen LogP contribution is -2.12. The highest BCUT2D eigenvalue weighted by Crippen LogP contribution is 2.30. The quantitative estimate of drug-likeness (QED) is 0.765. The SMILES string of the molecule is Cc1cccc(C(=O)C(C#N)c2ccccc2Cl)c1Cl. The maximum Gasteiger partial charge on any atom is 0.186 e. The van der Waals surface area contributed by atoms with E-state index in [-0.39, 0.29) is 5.78 Å². The molecular weight excluding hydrogens is 293 g/mol. The van der Waals surface area contributed by atoms with Gasteiger partial charge in [0.15, 0.2) is 5.78 Å². The van der Waals surface area contributed by atoms with Crippen molar-refractivity contribution in [1.29, 1.82) is 5.26 Å². The second kappa shape index (κ2) is 6.09. The average Bonchev–Trinajstić information content (AvgIpc) is 2.44. The van der Waals surface area contributed by atoms with Crippen molar-refractivity contribution in [3.63, 3.8) is 0 Å². The summed E-state index contributed by atoms with van der Waals surface area (Å²) in [6.45, 7) is 1.82. The number of Topliss-reactive ketones (excluding diaryl/α,β-unsaturated/α-hetero) is 1. The third-order valence-corrected chi connectivity index (χ3v) is 3.91. The highest BCUT2D eigenvalue weighted by Gasteiger charge is 2.25. The van der Waals surface area contributed by atoms with Gasteiger partial charge in [0.1, 0.15) is 5.92 Å². The minimum absolute atomic E-state index is 0.339. The van der Waals surface area contributed by atoms with Crippen LogP contribution in [0.4, 0.5) is 0 Å². The molecule has 0 aromatic heterocycles.